The van der Waals surface area contributed by atoms with Gasteiger partial charge in [0.05, 0.1) is 13.0 Å². The highest BCUT2D eigenvalue weighted by Gasteiger charge is 2.36. The fourth-order valence-corrected chi connectivity index (χ4v) is 3.03. The van der Waals surface area contributed by atoms with Crippen LogP contribution >= 0.6 is 15.9 Å². The van der Waals surface area contributed by atoms with E-state index in [2.05, 4.69) is 22.9 Å². The summed E-state index contributed by atoms with van der Waals surface area (Å²) >= 11 is 3.57. The maximum absolute atomic E-state index is 12.1. The second-order valence-electron chi connectivity index (χ2n) is 5.02. The third-order valence-corrected chi connectivity index (χ3v) is 4.80. The molecule has 0 aliphatic carbocycles. The molecule has 1 aromatic carbocycles. The first-order valence-electron chi connectivity index (χ1n) is 6.65. The number of nitrogens with zero attached hydrogens (tertiary/aromatic N) is 1. The van der Waals surface area contributed by atoms with Crippen molar-refractivity contribution in [3.63, 3.8) is 0 Å². The van der Waals surface area contributed by atoms with Crippen molar-refractivity contribution >= 4 is 33.5 Å². The van der Waals surface area contributed by atoms with Gasteiger partial charge in [0.25, 0.3) is 0 Å². The maximum Gasteiger partial charge on any atom is 0.311 e. The molecule has 108 valence electrons. The van der Waals surface area contributed by atoms with Crippen LogP contribution in [0.25, 0.3) is 0 Å². The number of hydrogen-bond acceptors (Lipinski definition) is 3. The Kier molecular flexibility index (Phi) is 4.48. The van der Waals surface area contributed by atoms with E-state index in [0.717, 1.165) is 27.7 Å². The molecule has 0 unspecified atom stereocenters. The summed E-state index contributed by atoms with van der Waals surface area (Å²) < 4.78 is 5.81. The van der Waals surface area contributed by atoms with Crippen molar-refractivity contribution < 1.29 is 14.3 Å². The first-order chi connectivity index (χ1) is 9.47. The van der Waals surface area contributed by atoms with Gasteiger partial charge < -0.3 is 9.64 Å². The fourth-order valence-electron chi connectivity index (χ4n) is 2.52. The molecule has 5 heteroatoms. The highest BCUT2D eigenvalue weighted by Crippen LogP contribution is 2.31. The monoisotopic (exact) mass is 339 g/mol. The number of rotatable bonds is 3. The maximum atomic E-state index is 12.1. The molecule has 20 heavy (non-hydrogen) atoms. The Morgan fingerprint density at radius 3 is 2.80 bits per heavy atom. The van der Waals surface area contributed by atoms with Crippen LogP contribution < -0.4 is 4.90 Å². The minimum Gasteiger partial charge on any atom is -0.469 e. The molecule has 1 aliphatic rings. The summed E-state index contributed by atoms with van der Waals surface area (Å²) in [5.41, 5.74) is 3.11. The Balaban J connectivity index is 2.31. The van der Waals surface area contributed by atoms with Crippen LogP contribution in [-0.4, -0.2) is 25.5 Å². The Morgan fingerprint density at radius 2 is 2.20 bits per heavy atom. The van der Waals surface area contributed by atoms with Crippen LogP contribution in [-0.2, 0) is 20.7 Å². The zero-order chi connectivity index (χ0) is 14.9. The Bertz CT molecular complexity index is 556. The van der Waals surface area contributed by atoms with Crippen molar-refractivity contribution in [2.24, 2.45) is 5.92 Å². The number of esters is 1. The van der Waals surface area contributed by atoms with Crippen molar-refractivity contribution in [2.45, 2.75) is 26.7 Å². The van der Waals surface area contributed by atoms with Crippen LogP contribution in [0, 0.1) is 12.8 Å². The van der Waals surface area contributed by atoms with Crippen LogP contribution in [0.15, 0.2) is 16.6 Å². The molecule has 1 fully saturated rings. The minimum atomic E-state index is -0.360. The second-order valence-corrected chi connectivity index (χ2v) is 5.81. The van der Waals surface area contributed by atoms with E-state index in [4.69, 9.17) is 4.74 Å². The van der Waals surface area contributed by atoms with Gasteiger partial charge in [0.1, 0.15) is 0 Å². The molecule has 2 rings (SSSR count). The molecule has 0 N–H and O–H groups in total. The largest absolute Gasteiger partial charge is 0.469 e. The van der Waals surface area contributed by atoms with Gasteiger partial charge in [-0.05, 0) is 36.6 Å². The number of benzene rings is 1. The van der Waals surface area contributed by atoms with Gasteiger partial charge in [-0.1, -0.05) is 22.9 Å². The average molecular weight is 340 g/mol. The smallest absolute Gasteiger partial charge is 0.311 e. The molecular formula is C15H18BrNO3. The Labute approximate surface area is 127 Å². The van der Waals surface area contributed by atoms with Gasteiger partial charge in [0.15, 0.2) is 0 Å². The third kappa shape index (κ3) is 2.73. The zero-order valence-corrected chi connectivity index (χ0v) is 13.5. The average Bonchev–Trinajstić information content (AvgIpc) is 2.83. The summed E-state index contributed by atoms with van der Waals surface area (Å²) in [7, 11) is 1.36. The molecule has 0 saturated carbocycles. The summed E-state index contributed by atoms with van der Waals surface area (Å²) in [5.74, 6) is -0.698. The van der Waals surface area contributed by atoms with Crippen molar-refractivity contribution in [3.8, 4) is 0 Å². The van der Waals surface area contributed by atoms with Gasteiger partial charge in [0, 0.05) is 23.1 Å². The number of methoxy groups -OCH3 is 1. The van der Waals surface area contributed by atoms with E-state index in [9.17, 15) is 9.59 Å². The van der Waals surface area contributed by atoms with Crippen molar-refractivity contribution in [1.82, 2.24) is 0 Å². The Hall–Kier alpha value is -1.36. The highest BCUT2D eigenvalue weighted by atomic mass is 79.9. The number of hydrogen-bond donors (Lipinski definition) is 0. The van der Waals surface area contributed by atoms with Crippen molar-refractivity contribution in [2.75, 3.05) is 18.6 Å². The summed E-state index contributed by atoms with van der Waals surface area (Å²) in [6, 6.07) is 3.98. The van der Waals surface area contributed by atoms with Crippen LogP contribution in [0.1, 0.15) is 24.5 Å². The quantitative estimate of drug-likeness (QED) is 0.795. The normalized spacial score (nSPS) is 18.5. The lowest BCUT2D eigenvalue weighted by atomic mass is 10.1. The summed E-state index contributed by atoms with van der Waals surface area (Å²) in [6.07, 6.45) is 1.11. The van der Waals surface area contributed by atoms with E-state index in [1.165, 1.54) is 7.11 Å². The van der Waals surface area contributed by atoms with Crippen molar-refractivity contribution in [1.29, 1.82) is 0 Å². The van der Waals surface area contributed by atoms with E-state index < -0.39 is 0 Å². The second kappa shape index (κ2) is 5.95. The van der Waals surface area contributed by atoms with Gasteiger partial charge in [-0.3, -0.25) is 9.59 Å². The molecule has 4 nitrogen and oxygen atoms in total. The molecular weight excluding hydrogens is 322 g/mol. The van der Waals surface area contributed by atoms with Crippen LogP contribution in [0.3, 0.4) is 0 Å². The lowest BCUT2D eigenvalue weighted by molar-refractivity contribution is -0.145. The third-order valence-electron chi connectivity index (χ3n) is 3.67. The van der Waals surface area contributed by atoms with E-state index >= 15 is 0 Å². The van der Waals surface area contributed by atoms with Gasteiger partial charge >= 0.3 is 5.97 Å². The summed E-state index contributed by atoms with van der Waals surface area (Å²) in [6.45, 7) is 4.48. The number of aryl methyl sites for hydroxylation is 2. The fraction of sp³-hybridized carbons (Fsp3) is 0.467. The number of carbonyl (C=O) groups excluding carboxylic acids is 2. The summed E-state index contributed by atoms with van der Waals surface area (Å²) in [4.78, 5) is 25.4. The molecule has 1 heterocycles. The molecule has 0 aromatic heterocycles. The predicted octanol–water partition coefficient (Wildman–Crippen LogP) is 2.85. The molecule has 1 atom stereocenters. The SMILES string of the molecule is CCc1cc(N2C[C@H](C(=O)OC)CC2=O)cc(C)c1Br. The van der Waals surface area contributed by atoms with E-state index in [-0.39, 0.29) is 24.2 Å². The highest BCUT2D eigenvalue weighted by molar-refractivity contribution is 9.10. The predicted molar refractivity (Wildman–Crippen MR) is 80.7 cm³/mol. The first-order valence-corrected chi connectivity index (χ1v) is 7.44. The molecule has 0 bridgehead atoms. The lowest BCUT2D eigenvalue weighted by Gasteiger charge is -2.19. The van der Waals surface area contributed by atoms with Gasteiger partial charge in [-0.25, -0.2) is 0 Å². The van der Waals surface area contributed by atoms with Gasteiger partial charge in [-0.15, -0.1) is 0 Å². The van der Waals surface area contributed by atoms with Gasteiger partial charge in [0.2, 0.25) is 5.91 Å². The molecule has 1 aromatic rings. The molecule has 1 amide bonds. The number of anilines is 1. The molecule has 1 aliphatic heterocycles. The topological polar surface area (TPSA) is 46.6 Å². The number of halogens is 1. The number of amides is 1. The van der Waals surface area contributed by atoms with E-state index in [1.807, 2.05) is 19.1 Å². The Morgan fingerprint density at radius 1 is 1.50 bits per heavy atom. The summed E-state index contributed by atoms with van der Waals surface area (Å²) in [5, 5.41) is 0. The molecule has 0 spiro atoms. The van der Waals surface area contributed by atoms with E-state index in [1.54, 1.807) is 4.90 Å². The first kappa shape index (κ1) is 15.0. The van der Waals surface area contributed by atoms with Gasteiger partial charge in [-0.2, -0.15) is 0 Å². The zero-order valence-electron chi connectivity index (χ0n) is 11.9. The van der Waals surface area contributed by atoms with E-state index in [0.29, 0.717) is 6.54 Å². The van der Waals surface area contributed by atoms with Crippen molar-refractivity contribution in [3.05, 3.63) is 27.7 Å². The number of ether oxygens (including phenoxy) is 1. The minimum absolute atomic E-state index is 0.0239. The van der Waals surface area contributed by atoms with Crippen LogP contribution in [0.2, 0.25) is 0 Å². The number of carbonyl (C=O) groups is 2. The van der Waals surface area contributed by atoms with Crippen LogP contribution in [0.5, 0.6) is 0 Å². The van der Waals surface area contributed by atoms with Crippen LogP contribution in [0.4, 0.5) is 5.69 Å². The standard InChI is InChI=1S/C15H18BrNO3/c1-4-10-6-12(5-9(2)14(10)16)17-8-11(7-13(17)18)15(19)20-3/h5-6,11H,4,7-8H2,1-3H3/t11-/m1/s1. The molecule has 1 saturated heterocycles. The molecule has 0 radical (unpaired) electrons. The lowest BCUT2D eigenvalue weighted by Crippen LogP contribution is -2.26.